The zero-order valence-electron chi connectivity index (χ0n) is 11.1. The molecule has 0 amide bonds. The van der Waals surface area contributed by atoms with Crippen LogP contribution in [0.4, 0.5) is 0 Å². The molecule has 18 heavy (non-hydrogen) atoms. The van der Waals surface area contributed by atoms with Gasteiger partial charge in [0.25, 0.3) is 0 Å². The third-order valence-electron chi connectivity index (χ3n) is 3.01. The Morgan fingerprint density at radius 3 is 2.61 bits per heavy atom. The second-order valence-corrected chi connectivity index (χ2v) is 4.53. The van der Waals surface area contributed by atoms with Gasteiger partial charge >= 0.3 is 5.97 Å². The highest BCUT2D eigenvalue weighted by atomic mass is 16.4. The highest BCUT2D eigenvalue weighted by Gasteiger charge is 1.99. The number of aryl methyl sites for hydroxylation is 1. The maximum atomic E-state index is 10.5. The standard InChI is InChI=1S/C16H22O2/c1-2-3-4-5-6-9-14-10-7-8-11-15(14)12-13-16(17)18/h7-8,10-13H,2-6,9H2,1H3,(H,17,18)/b13-12+. The van der Waals surface area contributed by atoms with E-state index in [-0.39, 0.29) is 0 Å². The van der Waals surface area contributed by atoms with Crippen molar-refractivity contribution in [1.29, 1.82) is 0 Å². The third-order valence-corrected chi connectivity index (χ3v) is 3.01. The molecule has 0 aliphatic heterocycles. The SMILES string of the molecule is CCCCCCCc1ccccc1/C=C/C(=O)O. The van der Waals surface area contributed by atoms with Gasteiger partial charge < -0.3 is 5.11 Å². The van der Waals surface area contributed by atoms with Crippen LogP contribution >= 0.6 is 0 Å². The summed E-state index contributed by atoms with van der Waals surface area (Å²) < 4.78 is 0. The molecule has 1 N–H and O–H groups in total. The molecule has 0 unspecified atom stereocenters. The van der Waals surface area contributed by atoms with Crippen molar-refractivity contribution in [1.82, 2.24) is 0 Å². The van der Waals surface area contributed by atoms with Crippen LogP contribution in [0.15, 0.2) is 30.3 Å². The molecule has 1 aromatic rings. The molecule has 0 saturated carbocycles. The molecule has 2 nitrogen and oxygen atoms in total. The molecule has 0 radical (unpaired) electrons. The molecule has 0 aromatic heterocycles. The number of aliphatic carboxylic acids is 1. The van der Waals surface area contributed by atoms with E-state index in [0.29, 0.717) is 0 Å². The summed E-state index contributed by atoms with van der Waals surface area (Å²) in [5, 5.41) is 8.65. The first kappa shape index (κ1) is 14.5. The van der Waals surface area contributed by atoms with Gasteiger partial charge in [0.1, 0.15) is 0 Å². The van der Waals surface area contributed by atoms with E-state index >= 15 is 0 Å². The normalized spacial score (nSPS) is 10.9. The number of hydrogen-bond acceptors (Lipinski definition) is 1. The fourth-order valence-electron chi connectivity index (χ4n) is 2.00. The summed E-state index contributed by atoms with van der Waals surface area (Å²) in [6.45, 7) is 2.21. The maximum Gasteiger partial charge on any atom is 0.328 e. The van der Waals surface area contributed by atoms with Crippen LogP contribution in [-0.4, -0.2) is 11.1 Å². The first-order valence-corrected chi connectivity index (χ1v) is 6.73. The summed E-state index contributed by atoms with van der Waals surface area (Å²) in [4.78, 5) is 10.5. The van der Waals surface area contributed by atoms with Crippen molar-refractivity contribution in [2.45, 2.75) is 45.4 Å². The van der Waals surface area contributed by atoms with Crippen molar-refractivity contribution in [3.63, 3.8) is 0 Å². The monoisotopic (exact) mass is 246 g/mol. The van der Waals surface area contributed by atoms with Crippen LogP contribution in [0.1, 0.15) is 50.2 Å². The Balaban J connectivity index is 2.51. The van der Waals surface area contributed by atoms with E-state index in [0.717, 1.165) is 12.0 Å². The Morgan fingerprint density at radius 1 is 1.17 bits per heavy atom. The Morgan fingerprint density at radius 2 is 1.89 bits per heavy atom. The van der Waals surface area contributed by atoms with E-state index in [1.165, 1.54) is 43.7 Å². The highest BCUT2D eigenvalue weighted by molar-refractivity contribution is 5.85. The van der Waals surface area contributed by atoms with Crippen molar-refractivity contribution in [2.24, 2.45) is 0 Å². The van der Waals surface area contributed by atoms with Gasteiger partial charge in [-0.1, -0.05) is 56.9 Å². The van der Waals surface area contributed by atoms with Gasteiger partial charge in [-0.25, -0.2) is 4.79 Å². The van der Waals surface area contributed by atoms with E-state index in [1.54, 1.807) is 6.08 Å². The fourth-order valence-corrected chi connectivity index (χ4v) is 2.00. The van der Waals surface area contributed by atoms with Gasteiger partial charge in [0.05, 0.1) is 0 Å². The van der Waals surface area contributed by atoms with Crippen molar-refractivity contribution in [3.8, 4) is 0 Å². The first-order valence-electron chi connectivity index (χ1n) is 6.73. The minimum Gasteiger partial charge on any atom is -0.478 e. The van der Waals surface area contributed by atoms with Gasteiger partial charge in [-0.2, -0.15) is 0 Å². The van der Waals surface area contributed by atoms with Gasteiger partial charge in [-0.05, 0) is 30.0 Å². The Labute approximate surface area is 109 Å². The Hall–Kier alpha value is -1.57. The lowest BCUT2D eigenvalue weighted by Gasteiger charge is -2.05. The molecule has 0 heterocycles. The van der Waals surface area contributed by atoms with Gasteiger partial charge in [-0.3, -0.25) is 0 Å². The van der Waals surface area contributed by atoms with Gasteiger partial charge in [-0.15, -0.1) is 0 Å². The summed E-state index contributed by atoms with van der Waals surface area (Å²) in [7, 11) is 0. The Bertz CT molecular complexity index is 394. The minimum absolute atomic E-state index is 0.896. The molecular formula is C16H22O2. The van der Waals surface area contributed by atoms with E-state index < -0.39 is 5.97 Å². The van der Waals surface area contributed by atoms with Crippen molar-refractivity contribution < 1.29 is 9.90 Å². The quantitative estimate of drug-likeness (QED) is 0.548. The number of hydrogen-bond donors (Lipinski definition) is 1. The molecule has 0 aliphatic rings. The largest absolute Gasteiger partial charge is 0.478 e. The van der Waals surface area contributed by atoms with E-state index in [9.17, 15) is 4.79 Å². The molecule has 1 aromatic carbocycles. The molecule has 0 aliphatic carbocycles. The molecule has 0 atom stereocenters. The molecule has 0 saturated heterocycles. The summed E-state index contributed by atoms with van der Waals surface area (Å²) in [6, 6.07) is 8.02. The molecule has 2 heteroatoms. The van der Waals surface area contributed by atoms with Crippen LogP contribution < -0.4 is 0 Å². The van der Waals surface area contributed by atoms with Crippen molar-refractivity contribution in [3.05, 3.63) is 41.5 Å². The smallest absolute Gasteiger partial charge is 0.328 e. The van der Waals surface area contributed by atoms with E-state index in [1.807, 2.05) is 18.2 Å². The van der Waals surface area contributed by atoms with E-state index in [2.05, 4.69) is 13.0 Å². The number of benzene rings is 1. The number of carboxylic acids is 1. The number of unbranched alkanes of at least 4 members (excludes halogenated alkanes) is 4. The number of carboxylic acid groups (broad SMARTS) is 1. The van der Waals surface area contributed by atoms with Crippen molar-refractivity contribution in [2.75, 3.05) is 0 Å². The third kappa shape index (κ3) is 5.67. The Kier molecular flexibility index (Phi) is 6.85. The lowest BCUT2D eigenvalue weighted by Crippen LogP contribution is -1.91. The fraction of sp³-hybridized carbons (Fsp3) is 0.438. The van der Waals surface area contributed by atoms with Gasteiger partial charge in [0.2, 0.25) is 0 Å². The summed E-state index contributed by atoms with van der Waals surface area (Å²) in [5.41, 5.74) is 2.27. The van der Waals surface area contributed by atoms with Gasteiger partial charge in [0.15, 0.2) is 0 Å². The van der Waals surface area contributed by atoms with Crippen LogP contribution in [0.3, 0.4) is 0 Å². The lowest BCUT2D eigenvalue weighted by molar-refractivity contribution is -0.131. The predicted molar refractivity (Wildman–Crippen MR) is 75.6 cm³/mol. The second-order valence-electron chi connectivity index (χ2n) is 4.53. The number of rotatable bonds is 8. The first-order chi connectivity index (χ1) is 8.74. The predicted octanol–water partition coefficient (Wildman–Crippen LogP) is 4.30. The van der Waals surface area contributed by atoms with Gasteiger partial charge in [0, 0.05) is 6.08 Å². The molecule has 0 spiro atoms. The van der Waals surface area contributed by atoms with Crippen LogP contribution in [0.5, 0.6) is 0 Å². The molecular weight excluding hydrogens is 224 g/mol. The van der Waals surface area contributed by atoms with Crippen LogP contribution in [0.25, 0.3) is 6.08 Å². The average molecular weight is 246 g/mol. The second kappa shape index (κ2) is 8.51. The molecule has 0 fully saturated rings. The van der Waals surface area contributed by atoms with Crippen LogP contribution in [0, 0.1) is 0 Å². The topological polar surface area (TPSA) is 37.3 Å². The summed E-state index contributed by atoms with van der Waals surface area (Å²) >= 11 is 0. The molecule has 1 rings (SSSR count). The van der Waals surface area contributed by atoms with Crippen LogP contribution in [-0.2, 0) is 11.2 Å². The van der Waals surface area contributed by atoms with Crippen molar-refractivity contribution >= 4 is 12.0 Å². The lowest BCUT2D eigenvalue weighted by atomic mass is 10.0. The minimum atomic E-state index is -0.896. The maximum absolute atomic E-state index is 10.5. The average Bonchev–Trinajstić information content (AvgIpc) is 2.37. The molecule has 98 valence electrons. The molecule has 0 bridgehead atoms. The number of carbonyl (C=O) groups is 1. The zero-order chi connectivity index (χ0) is 13.2. The van der Waals surface area contributed by atoms with E-state index in [4.69, 9.17) is 5.11 Å². The zero-order valence-corrected chi connectivity index (χ0v) is 11.1. The summed E-state index contributed by atoms with van der Waals surface area (Å²) in [6.07, 6.45) is 10.2. The summed E-state index contributed by atoms with van der Waals surface area (Å²) in [5.74, 6) is -0.896. The van der Waals surface area contributed by atoms with Crippen LogP contribution in [0.2, 0.25) is 0 Å². The highest BCUT2D eigenvalue weighted by Crippen LogP contribution is 2.15.